The van der Waals surface area contributed by atoms with Crippen molar-refractivity contribution in [2.24, 2.45) is 16.8 Å². The molecule has 0 aromatic heterocycles. The lowest BCUT2D eigenvalue weighted by Gasteiger charge is -2.13. The highest BCUT2D eigenvalue weighted by Gasteiger charge is 2.13. The average Bonchev–Trinajstić information content (AvgIpc) is 2.03. The Morgan fingerprint density at radius 2 is 2.14 bits per heavy atom. The van der Waals surface area contributed by atoms with E-state index in [0.29, 0.717) is 18.9 Å². The van der Waals surface area contributed by atoms with Crippen molar-refractivity contribution in [3.05, 3.63) is 0 Å². The lowest BCUT2D eigenvalue weighted by atomic mass is 9.95. The summed E-state index contributed by atoms with van der Waals surface area (Å²) in [7, 11) is 1.73. The first-order valence-corrected chi connectivity index (χ1v) is 5.18. The van der Waals surface area contributed by atoms with Gasteiger partial charge in [-0.2, -0.15) is 0 Å². The first kappa shape index (κ1) is 13.1. The molecule has 0 radical (unpaired) electrons. The Labute approximate surface area is 86.6 Å². The molecule has 0 amide bonds. The zero-order valence-corrected chi connectivity index (χ0v) is 9.62. The minimum Gasteiger partial charge on any atom is -0.466 e. The van der Waals surface area contributed by atoms with Crippen LogP contribution in [0, 0.1) is 11.8 Å². The van der Waals surface area contributed by atoms with Crippen molar-refractivity contribution >= 4 is 12.2 Å². The Balaban J connectivity index is 4.01. The van der Waals surface area contributed by atoms with E-state index in [4.69, 9.17) is 4.74 Å². The van der Waals surface area contributed by atoms with Gasteiger partial charge in [-0.25, -0.2) is 0 Å². The van der Waals surface area contributed by atoms with E-state index in [1.165, 1.54) is 0 Å². The molecule has 0 aliphatic heterocycles. The number of rotatable bonds is 6. The number of ether oxygens (including phenoxy) is 1. The van der Waals surface area contributed by atoms with Crippen molar-refractivity contribution in [2.75, 3.05) is 13.7 Å². The fourth-order valence-corrected chi connectivity index (χ4v) is 1.45. The summed E-state index contributed by atoms with van der Waals surface area (Å²) >= 11 is 0. The van der Waals surface area contributed by atoms with Crippen LogP contribution in [0.1, 0.15) is 33.6 Å². The third-order valence-electron chi connectivity index (χ3n) is 1.87. The number of nitrogens with zero attached hydrogens (tertiary/aromatic N) is 1. The average molecular weight is 199 g/mol. The van der Waals surface area contributed by atoms with Crippen molar-refractivity contribution < 1.29 is 9.53 Å². The minimum atomic E-state index is -0.127. The van der Waals surface area contributed by atoms with Crippen LogP contribution < -0.4 is 0 Å². The van der Waals surface area contributed by atoms with Crippen LogP contribution in [0.25, 0.3) is 0 Å². The molecule has 0 rings (SSSR count). The van der Waals surface area contributed by atoms with Crippen molar-refractivity contribution in [1.82, 2.24) is 0 Å². The second kappa shape index (κ2) is 7.54. The van der Waals surface area contributed by atoms with E-state index in [-0.39, 0.29) is 11.9 Å². The van der Waals surface area contributed by atoms with Crippen molar-refractivity contribution in [2.45, 2.75) is 33.6 Å². The molecule has 0 N–H and O–H groups in total. The van der Waals surface area contributed by atoms with Crippen LogP contribution in [0.3, 0.4) is 0 Å². The number of hydrogen-bond acceptors (Lipinski definition) is 3. The summed E-state index contributed by atoms with van der Waals surface area (Å²) in [5, 5.41) is 0. The molecule has 0 fully saturated rings. The SMILES string of the molecule is CCOC(=O)C[C@@H](C=NC)CC(C)C. The standard InChI is InChI=1S/C11H21NO2/c1-5-14-11(13)7-10(8-12-4)6-9(2)3/h8-10H,5-7H2,1-4H3/t10-/m0/s1. The van der Waals surface area contributed by atoms with E-state index in [9.17, 15) is 4.79 Å². The molecule has 3 heteroatoms. The predicted octanol–water partition coefficient (Wildman–Crippen LogP) is 2.30. The summed E-state index contributed by atoms with van der Waals surface area (Å²) < 4.78 is 4.90. The second-order valence-corrected chi connectivity index (χ2v) is 3.81. The monoisotopic (exact) mass is 199 g/mol. The van der Waals surface area contributed by atoms with E-state index < -0.39 is 0 Å². The van der Waals surface area contributed by atoms with Gasteiger partial charge in [-0.05, 0) is 19.3 Å². The summed E-state index contributed by atoms with van der Waals surface area (Å²) in [6.45, 7) is 6.56. The molecule has 0 aromatic rings. The third-order valence-corrected chi connectivity index (χ3v) is 1.87. The van der Waals surface area contributed by atoms with Gasteiger partial charge >= 0.3 is 5.97 Å². The Bertz CT molecular complexity index is 188. The molecular formula is C11H21NO2. The summed E-state index contributed by atoms with van der Waals surface area (Å²) in [6, 6.07) is 0. The van der Waals surface area contributed by atoms with E-state index in [2.05, 4.69) is 18.8 Å². The van der Waals surface area contributed by atoms with E-state index in [0.717, 1.165) is 6.42 Å². The molecule has 0 spiro atoms. The maximum atomic E-state index is 11.2. The van der Waals surface area contributed by atoms with Gasteiger partial charge in [-0.3, -0.25) is 4.79 Å². The Kier molecular flexibility index (Phi) is 7.07. The summed E-state index contributed by atoms with van der Waals surface area (Å²) in [5.74, 6) is 0.671. The van der Waals surface area contributed by atoms with Crippen LogP contribution >= 0.6 is 0 Å². The van der Waals surface area contributed by atoms with Gasteiger partial charge in [0.25, 0.3) is 0 Å². The largest absolute Gasteiger partial charge is 0.466 e. The fraction of sp³-hybridized carbons (Fsp3) is 0.818. The van der Waals surface area contributed by atoms with Crippen LogP contribution in [0.5, 0.6) is 0 Å². The second-order valence-electron chi connectivity index (χ2n) is 3.81. The van der Waals surface area contributed by atoms with Gasteiger partial charge in [-0.1, -0.05) is 13.8 Å². The molecule has 0 heterocycles. The molecule has 0 saturated heterocycles. The maximum absolute atomic E-state index is 11.2. The lowest BCUT2D eigenvalue weighted by Crippen LogP contribution is -2.14. The lowest BCUT2D eigenvalue weighted by molar-refractivity contribution is -0.143. The highest BCUT2D eigenvalue weighted by atomic mass is 16.5. The van der Waals surface area contributed by atoms with E-state index in [1.807, 2.05) is 13.1 Å². The zero-order chi connectivity index (χ0) is 11.0. The summed E-state index contributed by atoms with van der Waals surface area (Å²) in [5.41, 5.74) is 0. The molecule has 82 valence electrons. The highest BCUT2D eigenvalue weighted by Crippen LogP contribution is 2.14. The minimum absolute atomic E-state index is 0.127. The molecule has 14 heavy (non-hydrogen) atoms. The molecular weight excluding hydrogens is 178 g/mol. The fourth-order valence-electron chi connectivity index (χ4n) is 1.45. The van der Waals surface area contributed by atoms with Gasteiger partial charge < -0.3 is 9.73 Å². The highest BCUT2D eigenvalue weighted by molar-refractivity contribution is 5.75. The van der Waals surface area contributed by atoms with Crippen molar-refractivity contribution in [3.8, 4) is 0 Å². The van der Waals surface area contributed by atoms with Crippen LogP contribution in [0.2, 0.25) is 0 Å². The number of aliphatic imine (C=N–C) groups is 1. The molecule has 0 unspecified atom stereocenters. The predicted molar refractivity (Wildman–Crippen MR) is 58.6 cm³/mol. The van der Waals surface area contributed by atoms with Crippen molar-refractivity contribution in [1.29, 1.82) is 0 Å². The number of esters is 1. The molecule has 1 atom stereocenters. The van der Waals surface area contributed by atoms with Gasteiger partial charge in [0, 0.05) is 19.2 Å². The first-order valence-electron chi connectivity index (χ1n) is 5.18. The number of carbonyl (C=O) groups excluding carboxylic acids is 1. The van der Waals surface area contributed by atoms with Gasteiger partial charge in [0.15, 0.2) is 0 Å². The van der Waals surface area contributed by atoms with Crippen molar-refractivity contribution in [3.63, 3.8) is 0 Å². The summed E-state index contributed by atoms with van der Waals surface area (Å²) in [4.78, 5) is 15.2. The van der Waals surface area contributed by atoms with Gasteiger partial charge in [0.05, 0.1) is 13.0 Å². The van der Waals surface area contributed by atoms with Crippen LogP contribution in [0.4, 0.5) is 0 Å². The molecule has 3 nitrogen and oxygen atoms in total. The van der Waals surface area contributed by atoms with E-state index in [1.54, 1.807) is 7.05 Å². The Morgan fingerprint density at radius 1 is 1.50 bits per heavy atom. The van der Waals surface area contributed by atoms with Crippen LogP contribution in [-0.2, 0) is 9.53 Å². The van der Waals surface area contributed by atoms with Gasteiger partial charge in [0.2, 0.25) is 0 Å². The topological polar surface area (TPSA) is 38.7 Å². The molecule has 0 saturated carbocycles. The quantitative estimate of drug-likeness (QED) is 0.486. The number of carbonyl (C=O) groups is 1. The normalized spacial score (nSPS) is 13.5. The Morgan fingerprint density at radius 3 is 2.57 bits per heavy atom. The van der Waals surface area contributed by atoms with Crippen LogP contribution in [-0.4, -0.2) is 25.8 Å². The third kappa shape index (κ3) is 6.63. The van der Waals surface area contributed by atoms with Gasteiger partial charge in [0.1, 0.15) is 0 Å². The first-order chi connectivity index (χ1) is 6.60. The van der Waals surface area contributed by atoms with Gasteiger partial charge in [-0.15, -0.1) is 0 Å². The molecule has 0 bridgehead atoms. The molecule has 0 aliphatic rings. The Hall–Kier alpha value is -0.860. The molecule has 0 aliphatic carbocycles. The van der Waals surface area contributed by atoms with E-state index >= 15 is 0 Å². The maximum Gasteiger partial charge on any atom is 0.306 e. The number of hydrogen-bond donors (Lipinski definition) is 0. The smallest absolute Gasteiger partial charge is 0.306 e. The molecule has 0 aromatic carbocycles. The zero-order valence-electron chi connectivity index (χ0n) is 9.62. The summed E-state index contributed by atoms with van der Waals surface area (Å²) in [6.07, 6.45) is 3.27. The van der Waals surface area contributed by atoms with Crippen LogP contribution in [0.15, 0.2) is 4.99 Å².